The predicted octanol–water partition coefficient (Wildman–Crippen LogP) is 1.71. The van der Waals surface area contributed by atoms with Crippen LogP contribution in [0.5, 0.6) is 11.5 Å². The van der Waals surface area contributed by atoms with Crippen molar-refractivity contribution in [3.8, 4) is 11.5 Å². The van der Waals surface area contributed by atoms with E-state index in [1.165, 1.54) is 7.11 Å². The largest absolute Gasteiger partial charge is 0.493 e. The predicted molar refractivity (Wildman–Crippen MR) is 88.3 cm³/mol. The minimum absolute atomic E-state index is 0.224. The quantitative estimate of drug-likeness (QED) is 0.842. The fraction of sp³-hybridized carbons (Fsp3) is 0.375. The number of carbonyl (C=O) groups excluding carboxylic acids is 1. The summed E-state index contributed by atoms with van der Waals surface area (Å²) in [5.74, 6) is 0.875. The fourth-order valence-electron chi connectivity index (χ4n) is 2.03. The third kappa shape index (κ3) is 4.46. The summed E-state index contributed by atoms with van der Waals surface area (Å²) in [7, 11) is 7.10. The highest BCUT2D eigenvalue weighted by atomic mass is 16.5. The fourth-order valence-corrected chi connectivity index (χ4v) is 2.03. The first-order valence-corrected chi connectivity index (χ1v) is 7.24. The highest BCUT2D eigenvalue weighted by Gasteiger charge is 2.11. The molecule has 1 aromatic heterocycles. The van der Waals surface area contributed by atoms with Crippen LogP contribution in [0.4, 0.5) is 5.69 Å². The number of hydrogen-bond donors (Lipinski definition) is 1. The number of benzene rings is 1. The van der Waals surface area contributed by atoms with Crippen molar-refractivity contribution < 1.29 is 14.3 Å². The number of aromatic nitrogens is 2. The number of hydrogen-bond acceptors (Lipinski definition) is 5. The third-order valence-electron chi connectivity index (χ3n) is 3.31. The van der Waals surface area contributed by atoms with Crippen LogP contribution < -0.4 is 14.8 Å². The Morgan fingerprint density at radius 3 is 2.65 bits per heavy atom. The van der Waals surface area contributed by atoms with Gasteiger partial charge in [-0.05, 0) is 32.3 Å². The zero-order valence-corrected chi connectivity index (χ0v) is 13.9. The standard InChI is InChI=1S/C16H22N4O3/c1-19(2)7-8-20-11-13(10-17-20)18-16(21)12-5-6-14(22-3)15(9-12)23-4/h5-6,9-11H,7-8H2,1-4H3,(H,18,21). The first-order valence-electron chi connectivity index (χ1n) is 7.24. The molecule has 2 rings (SSSR count). The SMILES string of the molecule is COc1ccc(C(=O)Nc2cnn(CCN(C)C)c2)cc1OC. The molecule has 7 heteroatoms. The van der Waals surface area contributed by atoms with E-state index in [0.717, 1.165) is 13.1 Å². The number of rotatable bonds is 7. The van der Waals surface area contributed by atoms with E-state index in [2.05, 4.69) is 15.3 Å². The number of carbonyl (C=O) groups is 1. The van der Waals surface area contributed by atoms with Crippen molar-refractivity contribution in [2.45, 2.75) is 6.54 Å². The van der Waals surface area contributed by atoms with Crippen LogP contribution in [0.3, 0.4) is 0 Å². The molecule has 0 bridgehead atoms. The molecule has 0 atom stereocenters. The van der Waals surface area contributed by atoms with Gasteiger partial charge in [-0.1, -0.05) is 0 Å². The van der Waals surface area contributed by atoms with Crippen LogP contribution in [0.1, 0.15) is 10.4 Å². The minimum Gasteiger partial charge on any atom is -0.493 e. The van der Waals surface area contributed by atoms with Crippen LogP contribution in [-0.2, 0) is 6.54 Å². The Morgan fingerprint density at radius 1 is 1.26 bits per heavy atom. The van der Waals surface area contributed by atoms with Crippen molar-refractivity contribution in [1.82, 2.24) is 14.7 Å². The Balaban J connectivity index is 2.04. The molecule has 0 saturated heterocycles. The molecule has 2 aromatic rings. The van der Waals surface area contributed by atoms with Crippen molar-refractivity contribution in [2.24, 2.45) is 0 Å². The van der Waals surface area contributed by atoms with Gasteiger partial charge in [-0.2, -0.15) is 5.10 Å². The van der Waals surface area contributed by atoms with E-state index in [9.17, 15) is 4.79 Å². The number of methoxy groups -OCH3 is 2. The lowest BCUT2D eigenvalue weighted by Crippen LogP contribution is -2.18. The van der Waals surface area contributed by atoms with Crippen LogP contribution in [0.25, 0.3) is 0 Å². The summed E-state index contributed by atoms with van der Waals surface area (Å²) >= 11 is 0. The van der Waals surface area contributed by atoms with Gasteiger partial charge >= 0.3 is 0 Å². The van der Waals surface area contributed by atoms with Gasteiger partial charge in [0.25, 0.3) is 5.91 Å². The highest BCUT2D eigenvalue weighted by Crippen LogP contribution is 2.27. The molecule has 7 nitrogen and oxygen atoms in total. The maximum atomic E-state index is 12.3. The van der Waals surface area contributed by atoms with E-state index in [1.54, 1.807) is 36.2 Å². The van der Waals surface area contributed by atoms with Crippen molar-refractivity contribution in [1.29, 1.82) is 0 Å². The zero-order chi connectivity index (χ0) is 16.8. The average molecular weight is 318 g/mol. The smallest absolute Gasteiger partial charge is 0.255 e. The van der Waals surface area contributed by atoms with Gasteiger partial charge in [-0.15, -0.1) is 0 Å². The molecule has 124 valence electrons. The third-order valence-corrected chi connectivity index (χ3v) is 3.31. The van der Waals surface area contributed by atoms with Crippen LogP contribution in [0.2, 0.25) is 0 Å². The van der Waals surface area contributed by atoms with Crippen molar-refractivity contribution in [3.63, 3.8) is 0 Å². The summed E-state index contributed by atoms with van der Waals surface area (Å²) in [6.45, 7) is 1.64. The van der Waals surface area contributed by atoms with Gasteiger partial charge in [-0.3, -0.25) is 9.48 Å². The van der Waals surface area contributed by atoms with E-state index in [1.807, 2.05) is 20.3 Å². The van der Waals surface area contributed by atoms with Gasteiger partial charge < -0.3 is 19.7 Å². The molecule has 0 spiro atoms. The lowest BCUT2D eigenvalue weighted by Gasteiger charge is -2.09. The monoisotopic (exact) mass is 318 g/mol. The maximum Gasteiger partial charge on any atom is 0.255 e. The first kappa shape index (κ1) is 16.8. The molecule has 1 amide bonds. The van der Waals surface area contributed by atoms with E-state index in [-0.39, 0.29) is 5.91 Å². The first-order chi connectivity index (χ1) is 11.0. The molecule has 23 heavy (non-hydrogen) atoms. The van der Waals surface area contributed by atoms with Crippen LogP contribution in [-0.4, -0.2) is 55.4 Å². The van der Waals surface area contributed by atoms with E-state index in [4.69, 9.17) is 9.47 Å². The van der Waals surface area contributed by atoms with Crippen LogP contribution >= 0.6 is 0 Å². The molecule has 1 N–H and O–H groups in total. The topological polar surface area (TPSA) is 68.6 Å². The lowest BCUT2D eigenvalue weighted by molar-refractivity contribution is 0.102. The van der Waals surface area contributed by atoms with Gasteiger partial charge in [0.2, 0.25) is 0 Å². The highest BCUT2D eigenvalue weighted by molar-refractivity contribution is 6.04. The van der Waals surface area contributed by atoms with Crippen LogP contribution in [0.15, 0.2) is 30.6 Å². The molecular formula is C16H22N4O3. The molecule has 0 saturated carbocycles. The molecule has 0 radical (unpaired) electrons. The van der Waals surface area contributed by atoms with Crippen molar-refractivity contribution in [3.05, 3.63) is 36.2 Å². The minimum atomic E-state index is -0.224. The second kappa shape index (κ2) is 7.64. The molecule has 0 unspecified atom stereocenters. The van der Waals surface area contributed by atoms with Gasteiger partial charge in [-0.25, -0.2) is 0 Å². The molecule has 0 aliphatic rings. The number of ether oxygens (including phenoxy) is 2. The molecule has 1 aromatic carbocycles. The number of amides is 1. The maximum absolute atomic E-state index is 12.3. The summed E-state index contributed by atoms with van der Waals surface area (Å²) in [6, 6.07) is 5.03. The molecule has 0 aliphatic carbocycles. The Hall–Kier alpha value is -2.54. The van der Waals surface area contributed by atoms with Gasteiger partial charge in [0.05, 0.1) is 32.6 Å². The zero-order valence-electron chi connectivity index (χ0n) is 13.9. The summed E-state index contributed by atoms with van der Waals surface area (Å²) in [5.41, 5.74) is 1.15. The summed E-state index contributed by atoms with van der Waals surface area (Å²) < 4.78 is 12.2. The molecular weight excluding hydrogens is 296 g/mol. The average Bonchev–Trinajstić information content (AvgIpc) is 2.99. The van der Waals surface area contributed by atoms with E-state index in [0.29, 0.717) is 22.7 Å². The Morgan fingerprint density at radius 2 is 2.00 bits per heavy atom. The Labute approximate surface area is 135 Å². The number of anilines is 1. The summed E-state index contributed by atoms with van der Waals surface area (Å²) in [6.07, 6.45) is 3.44. The molecule has 0 aliphatic heterocycles. The van der Waals surface area contributed by atoms with E-state index >= 15 is 0 Å². The van der Waals surface area contributed by atoms with E-state index < -0.39 is 0 Å². The summed E-state index contributed by atoms with van der Waals surface area (Å²) in [5, 5.41) is 7.05. The lowest BCUT2D eigenvalue weighted by atomic mass is 10.2. The van der Waals surface area contributed by atoms with Gasteiger partial charge in [0, 0.05) is 18.3 Å². The van der Waals surface area contributed by atoms with Crippen molar-refractivity contribution >= 4 is 11.6 Å². The number of likely N-dealkylation sites (N-methyl/N-ethyl adjacent to an activating group) is 1. The number of nitrogens with zero attached hydrogens (tertiary/aromatic N) is 3. The second-order valence-electron chi connectivity index (χ2n) is 5.32. The Kier molecular flexibility index (Phi) is 5.59. The molecule has 1 heterocycles. The Bertz CT molecular complexity index is 667. The van der Waals surface area contributed by atoms with Gasteiger partial charge in [0.1, 0.15) is 0 Å². The molecule has 0 fully saturated rings. The number of nitrogens with one attached hydrogen (secondary N) is 1. The normalized spacial score (nSPS) is 10.7. The summed E-state index contributed by atoms with van der Waals surface area (Å²) in [4.78, 5) is 14.4. The van der Waals surface area contributed by atoms with Crippen LogP contribution in [0, 0.1) is 0 Å². The van der Waals surface area contributed by atoms with Gasteiger partial charge in [0.15, 0.2) is 11.5 Å². The van der Waals surface area contributed by atoms with Crippen molar-refractivity contribution in [2.75, 3.05) is 40.2 Å². The second-order valence-corrected chi connectivity index (χ2v) is 5.32.